The highest BCUT2D eigenvalue weighted by atomic mass is 19.4. The smallest absolute Gasteiger partial charge is 0.408 e. The highest BCUT2D eigenvalue weighted by Crippen LogP contribution is 2.33. The number of hydrogen-bond acceptors (Lipinski definition) is 4. The Balaban J connectivity index is 1.64. The molecule has 0 aromatic heterocycles. The summed E-state index contributed by atoms with van der Waals surface area (Å²) in [5.41, 5.74) is 6.58. The Hall–Kier alpha value is -1.96. The average Bonchev–Trinajstić information content (AvgIpc) is 2.58. The number of nitrogens with two attached hydrogens (primary N) is 1. The average molecular weight is 358 g/mol. The van der Waals surface area contributed by atoms with Gasteiger partial charge in [0.2, 0.25) is 5.91 Å². The first-order valence-electron chi connectivity index (χ1n) is 8.35. The van der Waals surface area contributed by atoms with Crippen LogP contribution in [0.5, 0.6) is 11.5 Å². The molecule has 1 amide bonds. The number of alkyl halides is 3. The monoisotopic (exact) mass is 358 g/mol. The lowest BCUT2D eigenvalue weighted by atomic mass is 9.97. The van der Waals surface area contributed by atoms with Crippen LogP contribution in [0.4, 0.5) is 13.2 Å². The maximum absolute atomic E-state index is 13.2. The van der Waals surface area contributed by atoms with Crippen LogP contribution in [0.3, 0.4) is 0 Å². The molecule has 3 rings (SSSR count). The number of fused-ring (bicyclic) bond motifs is 1. The SMILES string of the molecule is N[C@H]1CC[C@@H](C(F)(F)F)N(C(=O)CCc2ccc3c(c2)OCCO3)C1. The van der Waals surface area contributed by atoms with Gasteiger partial charge >= 0.3 is 6.18 Å². The molecule has 0 radical (unpaired) electrons. The number of carbonyl (C=O) groups is 1. The molecule has 0 aliphatic carbocycles. The van der Waals surface area contributed by atoms with E-state index in [1.165, 1.54) is 0 Å². The fraction of sp³-hybridized carbons (Fsp3) is 0.588. The Morgan fingerprint density at radius 3 is 2.64 bits per heavy atom. The van der Waals surface area contributed by atoms with E-state index < -0.39 is 24.2 Å². The molecular formula is C17H21F3N2O3. The first kappa shape index (κ1) is 17.8. The van der Waals surface area contributed by atoms with Crippen LogP contribution in [0.15, 0.2) is 18.2 Å². The van der Waals surface area contributed by atoms with E-state index in [1.807, 2.05) is 0 Å². The third kappa shape index (κ3) is 4.18. The molecule has 2 heterocycles. The van der Waals surface area contributed by atoms with Gasteiger partial charge in [-0.05, 0) is 37.0 Å². The molecule has 25 heavy (non-hydrogen) atoms. The maximum atomic E-state index is 13.2. The molecular weight excluding hydrogens is 337 g/mol. The molecule has 2 N–H and O–H groups in total. The minimum atomic E-state index is -4.42. The minimum Gasteiger partial charge on any atom is -0.486 e. The molecule has 2 atom stereocenters. The molecule has 138 valence electrons. The van der Waals surface area contributed by atoms with Gasteiger partial charge in [-0.3, -0.25) is 4.79 Å². The predicted molar refractivity (Wildman–Crippen MR) is 84.5 cm³/mol. The van der Waals surface area contributed by atoms with Gasteiger partial charge in [0.25, 0.3) is 0 Å². The summed E-state index contributed by atoms with van der Waals surface area (Å²) in [6, 6.07) is 3.18. The zero-order chi connectivity index (χ0) is 18.0. The van der Waals surface area contributed by atoms with E-state index in [1.54, 1.807) is 18.2 Å². The van der Waals surface area contributed by atoms with Gasteiger partial charge in [0.1, 0.15) is 19.3 Å². The molecule has 8 heteroatoms. The summed E-state index contributed by atoms with van der Waals surface area (Å²) >= 11 is 0. The van der Waals surface area contributed by atoms with Crippen LogP contribution in [-0.2, 0) is 11.2 Å². The largest absolute Gasteiger partial charge is 0.486 e. The summed E-state index contributed by atoms with van der Waals surface area (Å²) in [5.74, 6) is 0.720. The van der Waals surface area contributed by atoms with Gasteiger partial charge < -0.3 is 20.1 Å². The second kappa shape index (κ2) is 7.11. The molecule has 0 unspecified atom stereocenters. The number of hydrogen-bond donors (Lipinski definition) is 1. The molecule has 1 saturated heterocycles. The quantitative estimate of drug-likeness (QED) is 0.900. The van der Waals surface area contributed by atoms with Crippen molar-refractivity contribution < 1.29 is 27.4 Å². The summed E-state index contributed by atoms with van der Waals surface area (Å²) in [7, 11) is 0. The summed E-state index contributed by atoms with van der Waals surface area (Å²) in [5, 5.41) is 0. The van der Waals surface area contributed by atoms with Crippen LogP contribution in [0.1, 0.15) is 24.8 Å². The molecule has 1 aromatic rings. The van der Waals surface area contributed by atoms with Crippen molar-refractivity contribution in [3.05, 3.63) is 23.8 Å². The van der Waals surface area contributed by atoms with E-state index in [9.17, 15) is 18.0 Å². The van der Waals surface area contributed by atoms with Crippen molar-refractivity contribution in [1.29, 1.82) is 0 Å². The first-order valence-corrected chi connectivity index (χ1v) is 8.35. The fourth-order valence-electron chi connectivity index (χ4n) is 3.25. The lowest BCUT2D eigenvalue weighted by molar-refractivity contribution is -0.196. The first-order chi connectivity index (χ1) is 11.8. The molecule has 0 bridgehead atoms. The molecule has 5 nitrogen and oxygen atoms in total. The predicted octanol–water partition coefficient (Wildman–Crippen LogP) is 2.27. The molecule has 2 aliphatic rings. The zero-order valence-corrected chi connectivity index (χ0v) is 13.7. The Morgan fingerprint density at radius 1 is 1.20 bits per heavy atom. The third-order valence-corrected chi connectivity index (χ3v) is 4.55. The highest BCUT2D eigenvalue weighted by Gasteiger charge is 2.47. The molecule has 1 aromatic carbocycles. The number of piperidine rings is 1. The Bertz CT molecular complexity index is 636. The summed E-state index contributed by atoms with van der Waals surface area (Å²) in [6.07, 6.45) is -3.95. The minimum absolute atomic E-state index is 0.00105. The normalized spacial score (nSPS) is 23.4. The lowest BCUT2D eigenvalue weighted by Gasteiger charge is -2.39. The number of benzene rings is 1. The second-order valence-electron chi connectivity index (χ2n) is 6.42. The number of ether oxygens (including phenoxy) is 2. The summed E-state index contributed by atoms with van der Waals surface area (Å²) in [6.45, 7) is 0.886. The van der Waals surface area contributed by atoms with Crippen LogP contribution in [0.25, 0.3) is 0 Å². The zero-order valence-electron chi connectivity index (χ0n) is 13.7. The van der Waals surface area contributed by atoms with Crippen molar-refractivity contribution in [3.63, 3.8) is 0 Å². The molecule has 2 aliphatic heterocycles. The topological polar surface area (TPSA) is 64.8 Å². The van der Waals surface area contributed by atoms with Crippen LogP contribution in [-0.4, -0.2) is 48.8 Å². The Kier molecular flexibility index (Phi) is 5.08. The molecule has 1 fully saturated rings. The van der Waals surface area contributed by atoms with Crippen molar-refractivity contribution in [2.75, 3.05) is 19.8 Å². The van der Waals surface area contributed by atoms with Gasteiger partial charge in [-0.2, -0.15) is 13.2 Å². The van der Waals surface area contributed by atoms with Gasteiger partial charge in [-0.25, -0.2) is 0 Å². The number of carbonyl (C=O) groups excluding carboxylic acids is 1. The summed E-state index contributed by atoms with van der Waals surface area (Å²) in [4.78, 5) is 13.3. The van der Waals surface area contributed by atoms with Gasteiger partial charge in [0.15, 0.2) is 11.5 Å². The van der Waals surface area contributed by atoms with Crippen molar-refractivity contribution in [2.24, 2.45) is 5.73 Å². The van der Waals surface area contributed by atoms with E-state index in [0.717, 1.165) is 10.5 Å². The molecule has 0 spiro atoms. The Morgan fingerprint density at radius 2 is 1.92 bits per heavy atom. The van der Waals surface area contributed by atoms with E-state index in [0.29, 0.717) is 31.1 Å². The van der Waals surface area contributed by atoms with Crippen molar-refractivity contribution in [2.45, 2.75) is 43.9 Å². The van der Waals surface area contributed by atoms with Crippen LogP contribution in [0, 0.1) is 0 Å². The second-order valence-corrected chi connectivity index (χ2v) is 6.42. The maximum Gasteiger partial charge on any atom is 0.408 e. The number of amides is 1. The van der Waals surface area contributed by atoms with Crippen molar-refractivity contribution >= 4 is 5.91 Å². The van der Waals surface area contributed by atoms with Crippen molar-refractivity contribution in [3.8, 4) is 11.5 Å². The van der Waals surface area contributed by atoms with Gasteiger partial charge in [0, 0.05) is 19.0 Å². The fourth-order valence-corrected chi connectivity index (χ4v) is 3.25. The molecule has 0 saturated carbocycles. The highest BCUT2D eigenvalue weighted by molar-refractivity contribution is 5.77. The van der Waals surface area contributed by atoms with Crippen LogP contribution in [0.2, 0.25) is 0 Å². The Labute approximate surface area is 143 Å². The lowest BCUT2D eigenvalue weighted by Crippen LogP contribution is -2.56. The van der Waals surface area contributed by atoms with E-state index in [4.69, 9.17) is 15.2 Å². The number of nitrogens with zero attached hydrogens (tertiary/aromatic N) is 1. The number of halogens is 3. The number of aryl methyl sites for hydroxylation is 1. The number of likely N-dealkylation sites (tertiary alicyclic amines) is 1. The van der Waals surface area contributed by atoms with Gasteiger partial charge in [-0.15, -0.1) is 0 Å². The standard InChI is InChI=1S/C17H21F3N2O3/c18-17(19,20)15-5-3-12(21)10-22(15)16(23)6-2-11-1-4-13-14(9-11)25-8-7-24-13/h1,4,9,12,15H,2-3,5-8,10,21H2/t12-,15-/m0/s1. The van der Waals surface area contributed by atoms with E-state index in [-0.39, 0.29) is 25.8 Å². The third-order valence-electron chi connectivity index (χ3n) is 4.55. The van der Waals surface area contributed by atoms with Crippen LogP contribution >= 0.6 is 0 Å². The summed E-state index contributed by atoms with van der Waals surface area (Å²) < 4.78 is 50.4. The van der Waals surface area contributed by atoms with Gasteiger partial charge in [0.05, 0.1) is 0 Å². The number of rotatable bonds is 3. The van der Waals surface area contributed by atoms with E-state index in [2.05, 4.69) is 0 Å². The van der Waals surface area contributed by atoms with Crippen molar-refractivity contribution in [1.82, 2.24) is 4.90 Å². The van der Waals surface area contributed by atoms with Crippen LogP contribution < -0.4 is 15.2 Å². The van der Waals surface area contributed by atoms with Gasteiger partial charge in [-0.1, -0.05) is 6.07 Å². The van der Waals surface area contributed by atoms with E-state index >= 15 is 0 Å².